The van der Waals surface area contributed by atoms with Crippen molar-refractivity contribution < 1.29 is 43.6 Å². The fourth-order valence-corrected chi connectivity index (χ4v) is 6.13. The zero-order valence-corrected chi connectivity index (χ0v) is 24.4. The first-order chi connectivity index (χ1) is 21.6. The van der Waals surface area contributed by atoms with Crippen molar-refractivity contribution in [2.75, 3.05) is 6.54 Å². The summed E-state index contributed by atoms with van der Waals surface area (Å²) in [5, 5.41) is 35.6. The van der Waals surface area contributed by atoms with Crippen LogP contribution in [0.15, 0.2) is 60.7 Å². The Labute approximate surface area is 259 Å². The molecule has 6 rings (SSSR count). The molecule has 1 fully saturated rings. The van der Waals surface area contributed by atoms with Gasteiger partial charge in [-0.3, -0.25) is 19.2 Å². The van der Waals surface area contributed by atoms with Crippen LogP contribution in [-0.4, -0.2) is 76.6 Å². The Kier molecular flexibility index (Phi) is 8.47. The van der Waals surface area contributed by atoms with Crippen molar-refractivity contribution in [1.82, 2.24) is 15.5 Å². The van der Waals surface area contributed by atoms with Gasteiger partial charge in [-0.2, -0.15) is 0 Å². The molecule has 3 amide bonds. The van der Waals surface area contributed by atoms with Crippen molar-refractivity contribution in [2.24, 2.45) is 0 Å². The van der Waals surface area contributed by atoms with Crippen molar-refractivity contribution >= 4 is 48.9 Å². The van der Waals surface area contributed by atoms with Gasteiger partial charge in [-0.05, 0) is 65.2 Å². The number of fused-ring (bicyclic) bond motifs is 2. The fraction of sp³-hybridized carbons (Fsp3) is 0.290. The average molecular weight is 611 g/mol. The SMILES string of the molecule is Cc1cccc(C(CC(=O)O)NC(=O)[C@@H]2C[C@@H](NC(=O)c3ccc4c(c3)B(O)OC4)CN2C(=O)c2ccc3c(c2)B(O)OC3)c1. The monoisotopic (exact) mass is 611 g/mol. The van der Waals surface area contributed by atoms with Gasteiger partial charge in [0.1, 0.15) is 6.04 Å². The Hall–Kier alpha value is -4.49. The van der Waals surface area contributed by atoms with Crippen molar-refractivity contribution in [3.8, 4) is 0 Å². The molecular formula is C31H31B2N3O9. The summed E-state index contributed by atoms with van der Waals surface area (Å²) in [5.41, 5.74) is 4.53. The van der Waals surface area contributed by atoms with Crippen molar-refractivity contribution in [3.05, 3.63) is 94.0 Å². The summed E-state index contributed by atoms with van der Waals surface area (Å²) < 4.78 is 10.5. The number of carboxylic acids is 1. The highest BCUT2D eigenvalue weighted by Crippen LogP contribution is 2.25. The van der Waals surface area contributed by atoms with Gasteiger partial charge in [0.15, 0.2) is 0 Å². The van der Waals surface area contributed by atoms with E-state index in [1.165, 1.54) is 11.0 Å². The molecule has 0 radical (unpaired) electrons. The van der Waals surface area contributed by atoms with Gasteiger partial charge < -0.3 is 40.0 Å². The second kappa shape index (κ2) is 12.5. The van der Waals surface area contributed by atoms with Gasteiger partial charge >= 0.3 is 20.2 Å². The quantitative estimate of drug-likeness (QED) is 0.216. The van der Waals surface area contributed by atoms with Crippen LogP contribution in [0.1, 0.15) is 61.9 Å². The highest BCUT2D eigenvalue weighted by atomic mass is 16.5. The van der Waals surface area contributed by atoms with E-state index in [4.69, 9.17) is 9.31 Å². The minimum absolute atomic E-state index is 0.00349. The first kappa shape index (κ1) is 30.5. The number of nitrogens with zero attached hydrogens (tertiary/aromatic N) is 1. The maximum Gasteiger partial charge on any atom is 0.491 e. The van der Waals surface area contributed by atoms with E-state index in [9.17, 15) is 34.3 Å². The van der Waals surface area contributed by atoms with Crippen molar-refractivity contribution in [3.63, 3.8) is 0 Å². The average Bonchev–Trinajstić information content (AvgIpc) is 3.72. The number of nitrogens with one attached hydrogen (secondary N) is 2. The fourth-order valence-electron chi connectivity index (χ4n) is 6.13. The minimum atomic E-state index is -1.17. The Morgan fingerprint density at radius 3 is 2.22 bits per heavy atom. The van der Waals surface area contributed by atoms with Crippen LogP contribution in [0.3, 0.4) is 0 Å². The number of carbonyl (C=O) groups is 4. The number of aliphatic carboxylic acids is 1. The topological polar surface area (TPSA) is 175 Å². The van der Waals surface area contributed by atoms with E-state index in [1.54, 1.807) is 48.5 Å². The van der Waals surface area contributed by atoms with Crippen molar-refractivity contribution in [2.45, 2.75) is 51.1 Å². The van der Waals surface area contributed by atoms with Gasteiger partial charge in [0.25, 0.3) is 11.8 Å². The predicted molar refractivity (Wildman–Crippen MR) is 163 cm³/mol. The molecule has 230 valence electrons. The Bertz CT molecular complexity index is 1690. The summed E-state index contributed by atoms with van der Waals surface area (Å²) in [6.45, 7) is 2.32. The molecule has 0 spiro atoms. The lowest BCUT2D eigenvalue weighted by Gasteiger charge is -2.26. The molecule has 14 heteroatoms. The second-order valence-corrected chi connectivity index (χ2v) is 11.6. The number of aryl methyl sites for hydroxylation is 1. The summed E-state index contributed by atoms with van der Waals surface area (Å²) in [6.07, 6.45) is -0.295. The third-order valence-corrected chi connectivity index (χ3v) is 8.47. The highest BCUT2D eigenvalue weighted by molar-refractivity contribution is 6.62. The smallest absolute Gasteiger partial charge is 0.481 e. The maximum absolute atomic E-state index is 13.9. The molecule has 0 bridgehead atoms. The first-order valence-electron chi connectivity index (χ1n) is 14.6. The number of benzene rings is 3. The van der Waals surface area contributed by atoms with Crippen LogP contribution in [0.2, 0.25) is 0 Å². The molecule has 1 unspecified atom stereocenters. The molecular weight excluding hydrogens is 580 g/mol. The Balaban J connectivity index is 1.26. The molecule has 3 aliphatic rings. The summed E-state index contributed by atoms with van der Waals surface area (Å²) in [6, 6.07) is 14.4. The molecule has 1 saturated heterocycles. The third kappa shape index (κ3) is 6.36. The lowest BCUT2D eigenvalue weighted by Crippen LogP contribution is -2.47. The van der Waals surface area contributed by atoms with Crippen LogP contribution in [0.5, 0.6) is 0 Å². The molecule has 12 nitrogen and oxygen atoms in total. The summed E-state index contributed by atoms with van der Waals surface area (Å²) in [7, 11) is -2.29. The van der Waals surface area contributed by atoms with Gasteiger partial charge in [0.05, 0.1) is 25.7 Å². The van der Waals surface area contributed by atoms with E-state index in [1.807, 2.05) is 13.0 Å². The van der Waals surface area contributed by atoms with Crippen LogP contribution < -0.4 is 21.6 Å². The molecule has 45 heavy (non-hydrogen) atoms. The number of carboxylic acid groups (broad SMARTS) is 1. The zero-order valence-electron chi connectivity index (χ0n) is 24.4. The number of amides is 3. The van der Waals surface area contributed by atoms with E-state index in [2.05, 4.69) is 10.6 Å². The normalized spacial score (nSPS) is 19.2. The summed E-state index contributed by atoms with van der Waals surface area (Å²) in [4.78, 5) is 54.1. The van der Waals surface area contributed by atoms with Gasteiger partial charge in [-0.25, -0.2) is 0 Å². The molecule has 3 aromatic carbocycles. The number of hydrogen-bond donors (Lipinski definition) is 5. The molecule has 3 aliphatic heterocycles. The molecule has 0 aliphatic carbocycles. The second-order valence-electron chi connectivity index (χ2n) is 11.6. The Morgan fingerprint density at radius 1 is 0.933 bits per heavy atom. The van der Waals surface area contributed by atoms with E-state index in [0.29, 0.717) is 16.5 Å². The molecule has 3 heterocycles. The third-order valence-electron chi connectivity index (χ3n) is 8.47. The number of likely N-dealkylation sites (tertiary alicyclic amines) is 1. The lowest BCUT2D eigenvalue weighted by molar-refractivity contribution is -0.138. The molecule has 0 aromatic heterocycles. The van der Waals surface area contributed by atoms with Crippen LogP contribution in [-0.2, 0) is 32.1 Å². The molecule has 3 aromatic rings. The van der Waals surface area contributed by atoms with Gasteiger partial charge in [0, 0.05) is 23.7 Å². The van der Waals surface area contributed by atoms with Gasteiger partial charge in [0.2, 0.25) is 5.91 Å². The molecule has 5 N–H and O–H groups in total. The van der Waals surface area contributed by atoms with E-state index in [0.717, 1.165) is 16.7 Å². The molecule has 0 saturated carbocycles. The largest absolute Gasteiger partial charge is 0.491 e. The van der Waals surface area contributed by atoms with E-state index < -0.39 is 56.1 Å². The summed E-state index contributed by atoms with van der Waals surface area (Å²) in [5.74, 6) is -2.60. The van der Waals surface area contributed by atoms with Crippen molar-refractivity contribution in [1.29, 1.82) is 0 Å². The van der Waals surface area contributed by atoms with Gasteiger partial charge in [-0.1, -0.05) is 42.0 Å². The number of carbonyl (C=O) groups excluding carboxylic acids is 3. The highest BCUT2D eigenvalue weighted by Gasteiger charge is 2.42. The number of rotatable bonds is 8. The van der Waals surface area contributed by atoms with E-state index in [-0.39, 0.29) is 43.7 Å². The van der Waals surface area contributed by atoms with Crippen LogP contribution in [0.4, 0.5) is 0 Å². The number of hydrogen-bond acceptors (Lipinski definition) is 8. The van der Waals surface area contributed by atoms with Crippen LogP contribution >= 0.6 is 0 Å². The Morgan fingerprint density at radius 2 is 1.58 bits per heavy atom. The summed E-state index contributed by atoms with van der Waals surface area (Å²) >= 11 is 0. The lowest BCUT2D eigenvalue weighted by atomic mass is 9.78. The molecule has 3 atom stereocenters. The van der Waals surface area contributed by atoms with Crippen LogP contribution in [0.25, 0.3) is 0 Å². The maximum atomic E-state index is 13.9. The minimum Gasteiger partial charge on any atom is -0.481 e. The van der Waals surface area contributed by atoms with Crippen LogP contribution in [0, 0.1) is 6.92 Å². The zero-order chi connectivity index (χ0) is 31.8. The van der Waals surface area contributed by atoms with Gasteiger partial charge in [-0.15, -0.1) is 0 Å². The first-order valence-corrected chi connectivity index (χ1v) is 14.6. The standard InChI is InChI=1S/C31H31B2N3O9/c1-17-3-2-4-18(9-17)26(13-28(37)38)35-30(40)27-12-23(34-29(39)19-5-7-21-15-44-32(42)24(21)10-19)14-36(27)31(41)20-6-8-22-16-45-33(43)25(22)11-20/h2-11,23,26-27,42-43H,12-16H2,1H3,(H,34,39)(H,35,40)(H,37,38)/t23-,26?,27+/m1/s1. The van der Waals surface area contributed by atoms with E-state index >= 15 is 0 Å². The predicted octanol–water partition coefficient (Wildman–Crippen LogP) is -0.224.